The molecule has 1 fully saturated rings. The van der Waals surface area contributed by atoms with Crippen LogP contribution in [0.4, 0.5) is 0 Å². The summed E-state index contributed by atoms with van der Waals surface area (Å²) in [6.45, 7) is 4.19. The van der Waals surface area contributed by atoms with Crippen molar-refractivity contribution in [1.82, 2.24) is 10.2 Å². The first-order chi connectivity index (χ1) is 7.74. The number of hydrogen-bond donors (Lipinski definition) is 1. The highest BCUT2D eigenvalue weighted by Gasteiger charge is 2.40. The molecule has 0 spiro atoms. The van der Waals surface area contributed by atoms with E-state index in [1.807, 2.05) is 0 Å². The van der Waals surface area contributed by atoms with E-state index in [0.29, 0.717) is 11.8 Å². The molecule has 1 aromatic heterocycles. The predicted octanol–water partition coefficient (Wildman–Crippen LogP) is 3.30. The van der Waals surface area contributed by atoms with Crippen molar-refractivity contribution in [1.29, 1.82) is 0 Å². The van der Waals surface area contributed by atoms with Gasteiger partial charge in [-0.05, 0) is 37.8 Å². The molecule has 0 radical (unpaired) electrons. The topological polar surface area (TPSA) is 28.7 Å². The van der Waals surface area contributed by atoms with Gasteiger partial charge in [-0.25, -0.2) is 0 Å². The Labute approximate surface area is 95.7 Å². The summed E-state index contributed by atoms with van der Waals surface area (Å²) in [4.78, 5) is 0. The zero-order valence-corrected chi connectivity index (χ0v) is 9.70. The second-order valence-corrected chi connectivity index (χ2v) is 4.84. The number of hydrogen-bond acceptors (Lipinski definition) is 1. The molecule has 1 heterocycles. The maximum Gasteiger partial charge on any atom is 0.0662 e. The molecule has 2 atom stereocenters. The van der Waals surface area contributed by atoms with Crippen molar-refractivity contribution in [3.8, 4) is 0 Å². The maximum absolute atomic E-state index is 4.35. The van der Waals surface area contributed by atoms with Crippen molar-refractivity contribution in [2.75, 3.05) is 0 Å². The van der Waals surface area contributed by atoms with Crippen LogP contribution in [0, 0.1) is 13.8 Å². The molecule has 1 N–H and O–H groups in total. The van der Waals surface area contributed by atoms with Crippen LogP contribution in [0.1, 0.15) is 40.8 Å². The maximum atomic E-state index is 4.35. The van der Waals surface area contributed by atoms with E-state index in [9.17, 15) is 0 Å². The molecule has 1 aromatic carbocycles. The summed E-state index contributed by atoms with van der Waals surface area (Å²) in [6.07, 6.45) is 1.24. The first-order valence-corrected chi connectivity index (χ1v) is 5.82. The smallest absolute Gasteiger partial charge is 0.0662 e. The molecule has 2 nitrogen and oxygen atoms in total. The lowest BCUT2D eigenvalue weighted by Gasteiger charge is -1.99. The minimum Gasteiger partial charge on any atom is -0.283 e. The molecule has 0 aliphatic heterocycles. The van der Waals surface area contributed by atoms with E-state index in [0.717, 1.165) is 5.69 Å². The SMILES string of the molecule is Cc1ccc([C@@H]2C[C@@H]2c2cc(C)[nH]n2)cc1. The summed E-state index contributed by atoms with van der Waals surface area (Å²) < 4.78 is 0. The van der Waals surface area contributed by atoms with E-state index in [1.54, 1.807) is 0 Å². The molecule has 3 rings (SSSR count). The molecule has 16 heavy (non-hydrogen) atoms. The van der Waals surface area contributed by atoms with Crippen LogP contribution in [0.2, 0.25) is 0 Å². The van der Waals surface area contributed by atoms with Gasteiger partial charge in [-0.2, -0.15) is 5.10 Å². The van der Waals surface area contributed by atoms with E-state index < -0.39 is 0 Å². The Morgan fingerprint density at radius 1 is 1.12 bits per heavy atom. The molecule has 2 aromatic rings. The number of aromatic amines is 1. The van der Waals surface area contributed by atoms with Crippen LogP contribution in [0.3, 0.4) is 0 Å². The average molecular weight is 212 g/mol. The van der Waals surface area contributed by atoms with Crippen molar-refractivity contribution in [2.24, 2.45) is 0 Å². The first kappa shape index (κ1) is 9.64. The van der Waals surface area contributed by atoms with Gasteiger partial charge in [0.15, 0.2) is 0 Å². The summed E-state index contributed by atoms with van der Waals surface area (Å²) in [5.41, 5.74) is 5.17. The molecule has 2 heteroatoms. The molecule has 1 aliphatic carbocycles. The van der Waals surface area contributed by atoms with Crippen LogP contribution in [-0.4, -0.2) is 10.2 Å². The van der Waals surface area contributed by atoms with Crippen molar-refractivity contribution < 1.29 is 0 Å². The van der Waals surface area contributed by atoms with Crippen LogP contribution in [0.5, 0.6) is 0 Å². The van der Waals surface area contributed by atoms with Gasteiger partial charge in [-0.3, -0.25) is 5.10 Å². The van der Waals surface area contributed by atoms with Crippen LogP contribution >= 0.6 is 0 Å². The van der Waals surface area contributed by atoms with Crippen molar-refractivity contribution in [3.05, 3.63) is 52.8 Å². The molecule has 0 saturated heterocycles. The number of nitrogens with zero attached hydrogens (tertiary/aromatic N) is 1. The highest BCUT2D eigenvalue weighted by atomic mass is 15.1. The highest BCUT2D eigenvalue weighted by Crippen LogP contribution is 2.54. The minimum absolute atomic E-state index is 0.632. The lowest BCUT2D eigenvalue weighted by atomic mass is 10.1. The monoisotopic (exact) mass is 212 g/mol. The van der Waals surface area contributed by atoms with Gasteiger partial charge in [0.2, 0.25) is 0 Å². The van der Waals surface area contributed by atoms with E-state index in [-0.39, 0.29) is 0 Å². The van der Waals surface area contributed by atoms with Gasteiger partial charge in [0.25, 0.3) is 0 Å². The third kappa shape index (κ3) is 1.64. The van der Waals surface area contributed by atoms with Gasteiger partial charge in [0.1, 0.15) is 0 Å². The Morgan fingerprint density at radius 3 is 2.50 bits per heavy atom. The zero-order chi connectivity index (χ0) is 11.1. The quantitative estimate of drug-likeness (QED) is 0.813. The minimum atomic E-state index is 0.632. The fourth-order valence-corrected chi connectivity index (χ4v) is 2.33. The van der Waals surface area contributed by atoms with Crippen molar-refractivity contribution in [3.63, 3.8) is 0 Å². The number of benzene rings is 1. The van der Waals surface area contributed by atoms with E-state index in [1.165, 1.54) is 23.2 Å². The molecular formula is C14H16N2. The third-order valence-electron chi connectivity index (χ3n) is 3.40. The number of aromatic nitrogens is 2. The molecular weight excluding hydrogens is 196 g/mol. The Kier molecular flexibility index (Phi) is 2.10. The summed E-state index contributed by atoms with van der Waals surface area (Å²) in [6, 6.07) is 11.1. The Hall–Kier alpha value is -1.57. The standard InChI is InChI=1S/C14H16N2/c1-9-3-5-11(6-4-9)12-8-13(12)14-7-10(2)15-16-14/h3-7,12-13H,8H2,1-2H3,(H,15,16)/t12-,13-/m0/s1. The second-order valence-electron chi connectivity index (χ2n) is 4.84. The normalized spacial score (nSPS) is 23.4. The molecule has 0 amide bonds. The average Bonchev–Trinajstić information content (AvgIpc) is 2.96. The Balaban J connectivity index is 1.79. The highest BCUT2D eigenvalue weighted by molar-refractivity contribution is 5.35. The molecule has 1 aliphatic rings. The van der Waals surface area contributed by atoms with Gasteiger partial charge in [0, 0.05) is 11.6 Å². The summed E-state index contributed by atoms with van der Waals surface area (Å²) in [5.74, 6) is 1.32. The Bertz CT molecular complexity index is 496. The van der Waals surface area contributed by atoms with Gasteiger partial charge < -0.3 is 0 Å². The van der Waals surface area contributed by atoms with E-state index >= 15 is 0 Å². The lowest BCUT2D eigenvalue weighted by Crippen LogP contribution is -1.85. The van der Waals surface area contributed by atoms with E-state index in [4.69, 9.17) is 0 Å². The van der Waals surface area contributed by atoms with Crippen molar-refractivity contribution in [2.45, 2.75) is 32.1 Å². The van der Waals surface area contributed by atoms with Gasteiger partial charge in [-0.1, -0.05) is 29.8 Å². The van der Waals surface area contributed by atoms with Gasteiger partial charge in [-0.15, -0.1) is 0 Å². The van der Waals surface area contributed by atoms with Crippen LogP contribution < -0.4 is 0 Å². The van der Waals surface area contributed by atoms with Crippen molar-refractivity contribution >= 4 is 0 Å². The number of aryl methyl sites for hydroxylation is 2. The molecule has 1 saturated carbocycles. The summed E-state index contributed by atoms with van der Waals surface area (Å²) in [5, 5.41) is 7.37. The van der Waals surface area contributed by atoms with Gasteiger partial charge in [0.05, 0.1) is 5.69 Å². The lowest BCUT2D eigenvalue weighted by molar-refractivity contribution is 0.926. The number of rotatable bonds is 2. The largest absolute Gasteiger partial charge is 0.283 e. The number of nitrogens with one attached hydrogen (secondary N) is 1. The summed E-state index contributed by atoms with van der Waals surface area (Å²) in [7, 11) is 0. The van der Waals surface area contributed by atoms with Gasteiger partial charge >= 0.3 is 0 Å². The van der Waals surface area contributed by atoms with Crippen LogP contribution in [0.15, 0.2) is 30.3 Å². The summed E-state index contributed by atoms with van der Waals surface area (Å²) >= 11 is 0. The molecule has 0 unspecified atom stereocenters. The first-order valence-electron chi connectivity index (χ1n) is 5.82. The molecule has 0 bridgehead atoms. The Morgan fingerprint density at radius 2 is 1.88 bits per heavy atom. The zero-order valence-electron chi connectivity index (χ0n) is 9.70. The molecule has 82 valence electrons. The van der Waals surface area contributed by atoms with Crippen LogP contribution in [-0.2, 0) is 0 Å². The van der Waals surface area contributed by atoms with E-state index in [2.05, 4.69) is 54.4 Å². The predicted molar refractivity (Wildman–Crippen MR) is 64.6 cm³/mol. The van der Waals surface area contributed by atoms with Crippen LogP contribution in [0.25, 0.3) is 0 Å². The second kappa shape index (κ2) is 3.48. The number of H-pyrrole nitrogens is 1. The fraction of sp³-hybridized carbons (Fsp3) is 0.357. The fourth-order valence-electron chi connectivity index (χ4n) is 2.33. The third-order valence-corrected chi connectivity index (χ3v) is 3.40.